The molecule has 6 nitrogen and oxygen atoms in total. The van der Waals surface area contributed by atoms with E-state index in [4.69, 9.17) is 0 Å². The van der Waals surface area contributed by atoms with Gasteiger partial charge in [-0.1, -0.05) is 24.3 Å². The Hall–Kier alpha value is -2.93. The lowest BCUT2D eigenvalue weighted by atomic mass is 9.82. The third-order valence-corrected chi connectivity index (χ3v) is 5.38. The summed E-state index contributed by atoms with van der Waals surface area (Å²) in [7, 11) is 0. The smallest absolute Gasteiger partial charge is 0.228 e. The number of benzene rings is 1. The van der Waals surface area contributed by atoms with Crippen molar-refractivity contribution in [1.29, 1.82) is 0 Å². The highest BCUT2D eigenvalue weighted by atomic mass is 32.1. The van der Waals surface area contributed by atoms with Crippen LogP contribution in [0.25, 0.3) is 16.2 Å². The first-order chi connectivity index (χ1) is 12.6. The van der Waals surface area contributed by atoms with Crippen LogP contribution >= 0.6 is 11.3 Å². The van der Waals surface area contributed by atoms with Crippen LogP contribution in [0, 0.1) is 11.8 Å². The summed E-state index contributed by atoms with van der Waals surface area (Å²) in [4.78, 5) is 29.2. The Kier molecular flexibility index (Phi) is 4.30. The molecule has 3 aromatic rings. The fourth-order valence-corrected chi connectivity index (χ4v) is 3.89. The van der Waals surface area contributed by atoms with Crippen LogP contribution in [0.1, 0.15) is 12.8 Å². The van der Waals surface area contributed by atoms with Crippen molar-refractivity contribution in [2.45, 2.75) is 12.8 Å². The molecule has 0 saturated carbocycles. The predicted octanol–water partition coefficient (Wildman–Crippen LogP) is 2.33. The Balaban J connectivity index is 1.48. The quantitative estimate of drug-likeness (QED) is 0.718. The lowest BCUT2D eigenvalue weighted by Gasteiger charge is -2.28. The third-order valence-electron chi connectivity index (χ3n) is 4.61. The average molecular weight is 366 g/mol. The Morgan fingerprint density at radius 2 is 1.88 bits per heavy atom. The zero-order chi connectivity index (χ0) is 18.1. The number of amides is 1. The number of carboxylic acid groups (broad SMARTS) is 1. The van der Waals surface area contributed by atoms with E-state index in [0.29, 0.717) is 18.5 Å². The van der Waals surface area contributed by atoms with Crippen LogP contribution in [-0.2, 0) is 9.59 Å². The first kappa shape index (κ1) is 16.5. The van der Waals surface area contributed by atoms with Gasteiger partial charge in [0.2, 0.25) is 5.91 Å². The molecule has 7 heteroatoms. The molecule has 132 valence electrons. The van der Waals surface area contributed by atoms with Gasteiger partial charge < -0.3 is 15.2 Å². The standard InChI is InChI=1S/C19H17N3O3S/c23-17(14-3-1-2-4-15(14)18(24)25)20-13-7-5-12(6-8-13)16-11-22-9-10-26-19(22)21-16/h1-2,5-11,14-15H,3-4H2,(H,20,23)(H,24,25)/p-1/t14-,15+/m1/s1. The van der Waals surface area contributed by atoms with Gasteiger partial charge in [0.25, 0.3) is 0 Å². The maximum atomic E-state index is 12.5. The fourth-order valence-electron chi connectivity index (χ4n) is 3.19. The van der Waals surface area contributed by atoms with E-state index in [2.05, 4.69) is 10.3 Å². The van der Waals surface area contributed by atoms with E-state index >= 15 is 0 Å². The van der Waals surface area contributed by atoms with Crippen molar-refractivity contribution in [2.75, 3.05) is 5.32 Å². The molecular formula is C19H16N3O3S-. The normalized spacial score (nSPS) is 19.5. The molecule has 0 fully saturated rings. The summed E-state index contributed by atoms with van der Waals surface area (Å²) in [5.41, 5.74) is 2.45. The van der Waals surface area contributed by atoms with Crippen LogP contribution in [0.4, 0.5) is 5.69 Å². The number of rotatable bonds is 4. The van der Waals surface area contributed by atoms with Gasteiger partial charge in [-0.2, -0.15) is 0 Å². The van der Waals surface area contributed by atoms with Crippen molar-refractivity contribution in [3.63, 3.8) is 0 Å². The second-order valence-corrected chi connectivity index (χ2v) is 7.13. The SMILES string of the molecule is O=C([O-])[C@H]1CC=CC[C@H]1C(=O)Nc1ccc(-c2cn3ccsc3n2)cc1. The van der Waals surface area contributed by atoms with Crippen LogP contribution in [0.3, 0.4) is 0 Å². The van der Waals surface area contributed by atoms with Crippen LogP contribution in [0.2, 0.25) is 0 Å². The molecule has 2 aromatic heterocycles. The van der Waals surface area contributed by atoms with Gasteiger partial charge >= 0.3 is 0 Å². The Morgan fingerprint density at radius 3 is 2.58 bits per heavy atom. The maximum absolute atomic E-state index is 12.5. The number of carbonyl (C=O) groups is 2. The second kappa shape index (κ2) is 6.76. The summed E-state index contributed by atoms with van der Waals surface area (Å²) >= 11 is 1.57. The number of carbonyl (C=O) groups excluding carboxylic acids is 2. The summed E-state index contributed by atoms with van der Waals surface area (Å²) in [5, 5.41) is 16.0. The number of anilines is 1. The van der Waals surface area contributed by atoms with Gasteiger partial charge in [-0.3, -0.25) is 9.20 Å². The van der Waals surface area contributed by atoms with Crippen molar-refractivity contribution in [3.8, 4) is 11.3 Å². The number of allylic oxidation sites excluding steroid dienone is 2. The number of nitrogens with zero attached hydrogens (tertiary/aromatic N) is 2. The van der Waals surface area contributed by atoms with E-state index in [0.717, 1.165) is 16.2 Å². The average Bonchev–Trinajstić information content (AvgIpc) is 3.24. The van der Waals surface area contributed by atoms with Gasteiger partial charge in [0.05, 0.1) is 11.6 Å². The Morgan fingerprint density at radius 1 is 1.15 bits per heavy atom. The van der Waals surface area contributed by atoms with Crippen LogP contribution in [0.15, 0.2) is 54.2 Å². The number of thiazole rings is 1. The molecule has 0 bridgehead atoms. The summed E-state index contributed by atoms with van der Waals surface area (Å²) in [6.07, 6.45) is 8.28. The van der Waals surface area contributed by atoms with Gasteiger partial charge in [-0.15, -0.1) is 11.3 Å². The molecule has 0 radical (unpaired) electrons. The fraction of sp³-hybridized carbons (Fsp3) is 0.211. The van der Waals surface area contributed by atoms with Crippen molar-refractivity contribution < 1.29 is 14.7 Å². The summed E-state index contributed by atoms with van der Waals surface area (Å²) < 4.78 is 1.96. The van der Waals surface area contributed by atoms with Gasteiger partial charge in [-0.05, 0) is 25.0 Å². The number of nitrogens with one attached hydrogen (secondary N) is 1. The summed E-state index contributed by atoms with van der Waals surface area (Å²) in [5.74, 6) is -2.86. The highest BCUT2D eigenvalue weighted by Gasteiger charge is 2.29. The molecule has 1 aliphatic carbocycles. The second-order valence-electron chi connectivity index (χ2n) is 6.26. The molecule has 2 heterocycles. The largest absolute Gasteiger partial charge is 0.550 e. The molecule has 4 rings (SSSR count). The van der Waals surface area contributed by atoms with Gasteiger partial charge in [-0.25, -0.2) is 4.98 Å². The first-order valence-electron chi connectivity index (χ1n) is 8.31. The van der Waals surface area contributed by atoms with Gasteiger partial charge in [0.15, 0.2) is 4.96 Å². The topological polar surface area (TPSA) is 86.5 Å². The van der Waals surface area contributed by atoms with Crippen molar-refractivity contribution in [2.24, 2.45) is 11.8 Å². The number of aromatic nitrogens is 2. The predicted molar refractivity (Wildman–Crippen MR) is 97.5 cm³/mol. The minimum Gasteiger partial charge on any atom is -0.550 e. The van der Waals surface area contributed by atoms with Crippen LogP contribution in [-0.4, -0.2) is 21.3 Å². The number of fused-ring (bicyclic) bond motifs is 1. The van der Waals surface area contributed by atoms with E-state index in [1.165, 1.54) is 0 Å². The van der Waals surface area contributed by atoms with E-state index in [1.807, 2.05) is 40.4 Å². The summed E-state index contributed by atoms with van der Waals surface area (Å²) in [6.45, 7) is 0. The molecule has 2 atom stereocenters. The number of aliphatic carboxylic acids is 1. The van der Waals surface area contributed by atoms with E-state index in [9.17, 15) is 14.7 Å². The van der Waals surface area contributed by atoms with Crippen LogP contribution < -0.4 is 10.4 Å². The molecule has 1 amide bonds. The monoisotopic (exact) mass is 366 g/mol. The summed E-state index contributed by atoms with van der Waals surface area (Å²) in [6, 6.07) is 7.37. The highest BCUT2D eigenvalue weighted by molar-refractivity contribution is 7.15. The van der Waals surface area contributed by atoms with E-state index < -0.39 is 17.8 Å². The lowest BCUT2D eigenvalue weighted by molar-refractivity contribution is -0.313. The van der Waals surface area contributed by atoms with Gasteiger partial charge in [0, 0.05) is 40.9 Å². The minimum atomic E-state index is -1.18. The molecule has 0 saturated heterocycles. The molecule has 1 aliphatic rings. The minimum absolute atomic E-state index is 0.293. The van der Waals surface area contributed by atoms with E-state index in [-0.39, 0.29) is 5.91 Å². The molecule has 1 aromatic carbocycles. The molecular weight excluding hydrogens is 350 g/mol. The molecule has 0 unspecified atom stereocenters. The van der Waals surface area contributed by atoms with Crippen molar-refractivity contribution in [1.82, 2.24) is 9.38 Å². The molecule has 0 spiro atoms. The number of imidazole rings is 1. The van der Waals surface area contributed by atoms with Gasteiger partial charge in [0.1, 0.15) is 0 Å². The molecule has 0 aliphatic heterocycles. The maximum Gasteiger partial charge on any atom is 0.228 e. The number of carboxylic acids is 1. The van der Waals surface area contributed by atoms with Crippen molar-refractivity contribution >= 4 is 33.9 Å². The number of hydrogen-bond acceptors (Lipinski definition) is 5. The Labute approximate surface area is 153 Å². The lowest BCUT2D eigenvalue weighted by Crippen LogP contribution is -2.41. The Bertz CT molecular complexity index is 959. The zero-order valence-electron chi connectivity index (χ0n) is 13.8. The molecule has 1 N–H and O–H groups in total. The van der Waals surface area contributed by atoms with Crippen LogP contribution in [0.5, 0.6) is 0 Å². The van der Waals surface area contributed by atoms with Crippen molar-refractivity contribution in [3.05, 3.63) is 54.2 Å². The first-order valence-corrected chi connectivity index (χ1v) is 9.19. The number of hydrogen-bond donors (Lipinski definition) is 1. The third kappa shape index (κ3) is 3.13. The highest BCUT2D eigenvalue weighted by Crippen LogP contribution is 2.27. The zero-order valence-corrected chi connectivity index (χ0v) is 14.6. The van der Waals surface area contributed by atoms with E-state index in [1.54, 1.807) is 29.5 Å². The molecule has 26 heavy (non-hydrogen) atoms.